The van der Waals surface area contributed by atoms with E-state index in [0.717, 1.165) is 70.1 Å². The second kappa shape index (κ2) is 7.16. The standard InChI is InChI=1S/C18H30N2O2/c1-2-6-16-7-8-17(22-16)13-20-12-9-18(21,15-20)14-19-10-4-3-5-11-19/h7-8,21H,2-6,9-15H2,1H3/t18-/m1/s1. The SMILES string of the molecule is CCCc1ccc(CN2CC[C@@](O)(CN3CCCCC3)C2)o1. The molecule has 0 aromatic carbocycles. The highest BCUT2D eigenvalue weighted by Gasteiger charge is 2.37. The predicted molar refractivity (Wildman–Crippen MR) is 87.8 cm³/mol. The van der Waals surface area contributed by atoms with Crippen molar-refractivity contribution in [2.75, 3.05) is 32.7 Å². The Bertz CT molecular complexity index is 467. The Kier molecular flexibility index (Phi) is 5.21. The van der Waals surface area contributed by atoms with Gasteiger partial charge in [0.25, 0.3) is 0 Å². The smallest absolute Gasteiger partial charge is 0.118 e. The first kappa shape index (κ1) is 16.0. The zero-order valence-corrected chi connectivity index (χ0v) is 13.9. The van der Waals surface area contributed by atoms with E-state index in [1.807, 2.05) is 0 Å². The maximum absolute atomic E-state index is 10.9. The van der Waals surface area contributed by atoms with Gasteiger partial charge in [-0.15, -0.1) is 0 Å². The quantitative estimate of drug-likeness (QED) is 0.877. The minimum atomic E-state index is -0.532. The normalized spacial score (nSPS) is 27.5. The number of hydrogen-bond acceptors (Lipinski definition) is 4. The molecule has 3 rings (SSSR count). The number of aryl methyl sites for hydroxylation is 1. The summed E-state index contributed by atoms with van der Waals surface area (Å²) < 4.78 is 5.87. The zero-order valence-electron chi connectivity index (χ0n) is 13.9. The molecule has 4 heteroatoms. The molecule has 4 nitrogen and oxygen atoms in total. The summed E-state index contributed by atoms with van der Waals surface area (Å²) in [5.41, 5.74) is -0.532. The lowest BCUT2D eigenvalue weighted by Crippen LogP contribution is -2.46. The van der Waals surface area contributed by atoms with Crippen LogP contribution < -0.4 is 0 Å². The third-order valence-electron chi connectivity index (χ3n) is 4.97. The fourth-order valence-corrected chi connectivity index (χ4v) is 3.85. The van der Waals surface area contributed by atoms with Crippen LogP contribution in [0.5, 0.6) is 0 Å². The van der Waals surface area contributed by atoms with Gasteiger partial charge in [0, 0.05) is 26.1 Å². The Hall–Kier alpha value is -0.840. The van der Waals surface area contributed by atoms with Gasteiger partial charge in [0.2, 0.25) is 0 Å². The van der Waals surface area contributed by atoms with E-state index >= 15 is 0 Å². The fourth-order valence-electron chi connectivity index (χ4n) is 3.85. The van der Waals surface area contributed by atoms with Crippen molar-refractivity contribution in [3.05, 3.63) is 23.7 Å². The summed E-state index contributed by atoms with van der Waals surface area (Å²) in [5.74, 6) is 2.12. The Balaban J connectivity index is 1.50. The Morgan fingerprint density at radius 2 is 1.86 bits per heavy atom. The highest BCUT2D eigenvalue weighted by Crippen LogP contribution is 2.26. The van der Waals surface area contributed by atoms with Crippen molar-refractivity contribution in [3.8, 4) is 0 Å². The van der Waals surface area contributed by atoms with E-state index in [9.17, 15) is 5.11 Å². The van der Waals surface area contributed by atoms with Gasteiger partial charge >= 0.3 is 0 Å². The van der Waals surface area contributed by atoms with Crippen molar-refractivity contribution in [2.24, 2.45) is 0 Å². The van der Waals surface area contributed by atoms with Gasteiger partial charge in [-0.1, -0.05) is 13.3 Å². The first-order valence-electron chi connectivity index (χ1n) is 8.91. The van der Waals surface area contributed by atoms with Crippen LogP contribution in [0.1, 0.15) is 50.5 Å². The molecule has 2 saturated heterocycles. The highest BCUT2D eigenvalue weighted by atomic mass is 16.3. The number of piperidine rings is 1. The van der Waals surface area contributed by atoms with Crippen LogP contribution in [-0.2, 0) is 13.0 Å². The number of likely N-dealkylation sites (tertiary alicyclic amines) is 2. The molecule has 22 heavy (non-hydrogen) atoms. The van der Waals surface area contributed by atoms with Crippen molar-refractivity contribution >= 4 is 0 Å². The summed E-state index contributed by atoms with van der Waals surface area (Å²) >= 11 is 0. The van der Waals surface area contributed by atoms with Crippen LogP contribution in [0.4, 0.5) is 0 Å². The van der Waals surface area contributed by atoms with Crippen LogP contribution in [0.25, 0.3) is 0 Å². The van der Waals surface area contributed by atoms with Crippen LogP contribution >= 0.6 is 0 Å². The van der Waals surface area contributed by atoms with Crippen LogP contribution in [0.3, 0.4) is 0 Å². The van der Waals surface area contributed by atoms with E-state index in [4.69, 9.17) is 4.42 Å². The van der Waals surface area contributed by atoms with E-state index < -0.39 is 5.60 Å². The maximum Gasteiger partial charge on any atom is 0.118 e. The van der Waals surface area contributed by atoms with Crippen LogP contribution in [-0.4, -0.2) is 53.2 Å². The number of rotatable bonds is 6. The molecule has 0 unspecified atom stereocenters. The van der Waals surface area contributed by atoms with Gasteiger partial charge in [-0.2, -0.15) is 0 Å². The highest BCUT2D eigenvalue weighted by molar-refractivity contribution is 5.08. The lowest BCUT2D eigenvalue weighted by Gasteiger charge is -2.33. The molecule has 1 aromatic heterocycles. The third kappa shape index (κ3) is 4.12. The number of β-amino-alcohol motifs (C(OH)–C–C–N with tert-alkyl or cyclic N) is 1. The first-order chi connectivity index (χ1) is 10.7. The van der Waals surface area contributed by atoms with Crippen LogP contribution in [0.2, 0.25) is 0 Å². The summed E-state index contributed by atoms with van der Waals surface area (Å²) in [6, 6.07) is 4.18. The van der Waals surface area contributed by atoms with Gasteiger partial charge in [-0.25, -0.2) is 0 Å². The average molecular weight is 306 g/mol. The molecular weight excluding hydrogens is 276 g/mol. The lowest BCUT2D eigenvalue weighted by atomic mass is 10.0. The van der Waals surface area contributed by atoms with Crippen molar-refractivity contribution in [2.45, 2.75) is 57.6 Å². The van der Waals surface area contributed by atoms with Crippen LogP contribution in [0.15, 0.2) is 16.5 Å². The van der Waals surface area contributed by atoms with E-state index in [1.165, 1.54) is 19.3 Å². The molecule has 1 aromatic rings. The molecule has 3 heterocycles. The Morgan fingerprint density at radius 1 is 1.09 bits per heavy atom. The second-order valence-electron chi connectivity index (χ2n) is 7.14. The minimum Gasteiger partial charge on any atom is -0.465 e. The van der Waals surface area contributed by atoms with Gasteiger partial charge in [0.05, 0.1) is 12.1 Å². The maximum atomic E-state index is 10.9. The van der Waals surface area contributed by atoms with Crippen molar-refractivity contribution in [1.29, 1.82) is 0 Å². The molecule has 2 aliphatic heterocycles. The van der Waals surface area contributed by atoms with Crippen molar-refractivity contribution in [1.82, 2.24) is 9.80 Å². The van der Waals surface area contributed by atoms with Crippen molar-refractivity contribution in [3.63, 3.8) is 0 Å². The number of aliphatic hydroxyl groups is 1. The molecule has 0 spiro atoms. The molecule has 0 bridgehead atoms. The Labute approximate surface area is 134 Å². The van der Waals surface area contributed by atoms with E-state index in [1.54, 1.807) is 0 Å². The fraction of sp³-hybridized carbons (Fsp3) is 0.778. The zero-order chi connectivity index (χ0) is 15.4. The van der Waals surface area contributed by atoms with Gasteiger partial charge in [0.15, 0.2) is 0 Å². The van der Waals surface area contributed by atoms with Gasteiger partial charge < -0.3 is 14.4 Å². The molecule has 1 atom stereocenters. The summed E-state index contributed by atoms with van der Waals surface area (Å²) in [4.78, 5) is 4.78. The molecule has 0 radical (unpaired) electrons. The first-order valence-corrected chi connectivity index (χ1v) is 8.91. The second-order valence-corrected chi connectivity index (χ2v) is 7.14. The third-order valence-corrected chi connectivity index (χ3v) is 4.97. The molecule has 2 fully saturated rings. The topological polar surface area (TPSA) is 39.9 Å². The van der Waals surface area contributed by atoms with E-state index in [2.05, 4.69) is 28.9 Å². The van der Waals surface area contributed by atoms with Crippen LogP contribution in [0, 0.1) is 0 Å². The lowest BCUT2D eigenvalue weighted by molar-refractivity contribution is 0.00594. The van der Waals surface area contributed by atoms with Gasteiger partial charge in [-0.3, -0.25) is 4.90 Å². The molecule has 124 valence electrons. The molecule has 0 saturated carbocycles. The number of hydrogen-bond donors (Lipinski definition) is 1. The summed E-state index contributed by atoms with van der Waals surface area (Å²) in [6.07, 6.45) is 6.93. The van der Waals surface area contributed by atoms with Gasteiger partial charge in [-0.05, 0) is 50.9 Å². The van der Waals surface area contributed by atoms with Gasteiger partial charge in [0.1, 0.15) is 11.5 Å². The molecular formula is C18H30N2O2. The predicted octanol–water partition coefficient (Wildman–Crippen LogP) is 2.65. The van der Waals surface area contributed by atoms with E-state index in [0.29, 0.717) is 0 Å². The van der Waals surface area contributed by atoms with E-state index in [-0.39, 0.29) is 0 Å². The number of nitrogens with zero attached hydrogens (tertiary/aromatic N) is 2. The van der Waals surface area contributed by atoms with Crippen molar-refractivity contribution < 1.29 is 9.52 Å². The monoisotopic (exact) mass is 306 g/mol. The molecule has 0 aliphatic carbocycles. The molecule has 1 N–H and O–H groups in total. The summed E-state index contributed by atoms with van der Waals surface area (Å²) in [6.45, 7) is 7.88. The summed E-state index contributed by atoms with van der Waals surface area (Å²) in [7, 11) is 0. The molecule has 2 aliphatic rings. The summed E-state index contributed by atoms with van der Waals surface area (Å²) in [5, 5.41) is 10.9. The Morgan fingerprint density at radius 3 is 2.64 bits per heavy atom. The minimum absolute atomic E-state index is 0.532. The molecule has 0 amide bonds. The average Bonchev–Trinajstić information content (AvgIpc) is 3.08. The number of furan rings is 1. The largest absolute Gasteiger partial charge is 0.465 e.